The van der Waals surface area contributed by atoms with Gasteiger partial charge in [0.2, 0.25) is 0 Å². The maximum absolute atomic E-state index is 6.79. The Bertz CT molecular complexity index is 1350. The van der Waals surface area contributed by atoms with Crippen LogP contribution in [0.2, 0.25) is 0 Å². The average molecular weight is 403 g/mol. The third-order valence-corrected chi connectivity index (χ3v) is 6.92. The highest BCUT2D eigenvalue weighted by Gasteiger charge is 2.39. The third-order valence-electron chi connectivity index (χ3n) is 6.92. The summed E-state index contributed by atoms with van der Waals surface area (Å²) in [6, 6.07) is 25.6. The highest BCUT2D eigenvalue weighted by Crippen LogP contribution is 2.51. The van der Waals surface area contributed by atoms with Crippen molar-refractivity contribution in [1.29, 1.82) is 0 Å². The summed E-state index contributed by atoms with van der Waals surface area (Å²) in [6.45, 7) is 0. The fourth-order valence-corrected chi connectivity index (χ4v) is 5.48. The summed E-state index contributed by atoms with van der Waals surface area (Å²) < 4.78 is 8.91. The van der Waals surface area contributed by atoms with Gasteiger partial charge in [-0.05, 0) is 48.9 Å². The maximum Gasteiger partial charge on any atom is 0.136 e. The highest BCUT2D eigenvalue weighted by molar-refractivity contribution is 5.83. The summed E-state index contributed by atoms with van der Waals surface area (Å²) in [6.07, 6.45) is 4.01. The molecule has 1 aromatic heterocycles. The van der Waals surface area contributed by atoms with Crippen molar-refractivity contribution >= 4 is 22.6 Å². The lowest BCUT2D eigenvalue weighted by Gasteiger charge is -2.38. The Kier molecular flexibility index (Phi) is 3.53. The number of hydrogen-bond donors (Lipinski definition) is 0. The van der Waals surface area contributed by atoms with E-state index >= 15 is 0 Å². The quantitative estimate of drug-likeness (QED) is 0.408. The Morgan fingerprint density at radius 1 is 0.677 bits per heavy atom. The Labute approximate surface area is 180 Å². The molecule has 0 amide bonds. The van der Waals surface area contributed by atoms with Gasteiger partial charge in [-0.1, -0.05) is 65.9 Å². The summed E-state index contributed by atoms with van der Waals surface area (Å²) in [7, 11) is 0. The van der Waals surface area contributed by atoms with Gasteiger partial charge in [0.25, 0.3) is 0 Å². The summed E-state index contributed by atoms with van der Waals surface area (Å²) in [5.74, 6) is 2.03. The number of ether oxygens (including phenoxy) is 1. The molecule has 31 heavy (non-hydrogen) atoms. The van der Waals surface area contributed by atoms with Gasteiger partial charge >= 0.3 is 0 Å². The second-order valence-corrected chi connectivity index (χ2v) is 8.55. The summed E-state index contributed by atoms with van der Waals surface area (Å²) in [5, 5.41) is 9.14. The zero-order chi connectivity index (χ0) is 20.4. The fourth-order valence-electron chi connectivity index (χ4n) is 5.48. The van der Waals surface area contributed by atoms with Gasteiger partial charge < -0.3 is 4.74 Å². The van der Waals surface area contributed by atoms with E-state index in [2.05, 4.69) is 75.7 Å². The van der Waals surface area contributed by atoms with E-state index in [1.54, 1.807) is 0 Å². The number of aryl methyl sites for hydroxylation is 2. The van der Waals surface area contributed by atoms with Crippen LogP contribution in [0.1, 0.15) is 41.1 Å². The van der Waals surface area contributed by atoms with Gasteiger partial charge in [-0.2, -0.15) is 0 Å². The van der Waals surface area contributed by atoms with Crippen LogP contribution in [-0.4, -0.2) is 15.0 Å². The van der Waals surface area contributed by atoms with E-state index in [9.17, 15) is 0 Å². The van der Waals surface area contributed by atoms with Gasteiger partial charge in [0.15, 0.2) is 0 Å². The van der Waals surface area contributed by atoms with Crippen LogP contribution in [0.3, 0.4) is 0 Å². The smallest absolute Gasteiger partial charge is 0.136 e. The number of nitrogens with zero attached hydrogens (tertiary/aromatic N) is 3. The van der Waals surface area contributed by atoms with E-state index in [0.717, 1.165) is 48.2 Å². The minimum Gasteiger partial charge on any atom is -0.456 e. The van der Waals surface area contributed by atoms with Crippen molar-refractivity contribution in [1.82, 2.24) is 15.0 Å². The lowest BCUT2D eigenvalue weighted by molar-refractivity contribution is 0.400. The molecule has 0 spiro atoms. The number of para-hydroxylation sites is 1. The van der Waals surface area contributed by atoms with Gasteiger partial charge in [0.05, 0.1) is 5.52 Å². The third kappa shape index (κ3) is 2.42. The number of benzene rings is 3. The van der Waals surface area contributed by atoms with E-state index in [1.807, 2.05) is 12.1 Å². The van der Waals surface area contributed by atoms with Gasteiger partial charge in [-0.15, -0.1) is 5.10 Å². The number of rotatable bonds is 1. The molecule has 4 aromatic rings. The average Bonchev–Trinajstić information content (AvgIpc) is 3.26. The van der Waals surface area contributed by atoms with Crippen molar-refractivity contribution in [2.75, 3.05) is 0 Å². The molecule has 1 aliphatic heterocycles. The molecule has 4 heteroatoms. The molecule has 2 heterocycles. The molecule has 150 valence electrons. The molecule has 3 aromatic carbocycles. The minimum absolute atomic E-state index is 0.0489. The van der Waals surface area contributed by atoms with Crippen LogP contribution < -0.4 is 0 Å². The molecular formula is C27H21N3O. The Morgan fingerprint density at radius 3 is 1.94 bits per heavy atom. The molecule has 3 aliphatic rings. The minimum atomic E-state index is 0.0489. The number of fused-ring (bicyclic) bond motifs is 5. The zero-order valence-corrected chi connectivity index (χ0v) is 17.1. The van der Waals surface area contributed by atoms with Gasteiger partial charge in [0.1, 0.15) is 23.1 Å². The Morgan fingerprint density at radius 2 is 1.26 bits per heavy atom. The van der Waals surface area contributed by atoms with E-state index in [4.69, 9.17) is 4.74 Å². The molecule has 0 unspecified atom stereocenters. The van der Waals surface area contributed by atoms with Crippen LogP contribution in [-0.2, 0) is 17.6 Å². The molecule has 0 bridgehead atoms. The van der Waals surface area contributed by atoms with E-state index in [1.165, 1.54) is 33.4 Å². The molecule has 0 saturated carbocycles. The van der Waals surface area contributed by atoms with Gasteiger partial charge in [-0.3, -0.25) is 0 Å². The SMILES string of the molecule is c1ccc2c(c1)CCC1=C2OC2=C(CCc3ccccc32)C1n1nnc2ccccc21. The summed E-state index contributed by atoms with van der Waals surface area (Å²) in [5.41, 5.74) is 9.81. The predicted octanol–water partition coefficient (Wildman–Crippen LogP) is 5.72. The predicted molar refractivity (Wildman–Crippen MR) is 121 cm³/mol. The molecule has 2 aliphatic carbocycles. The van der Waals surface area contributed by atoms with Crippen LogP contribution in [0.5, 0.6) is 0 Å². The number of hydrogen-bond acceptors (Lipinski definition) is 3. The first-order valence-corrected chi connectivity index (χ1v) is 11.0. The normalized spacial score (nSPS) is 17.7. The molecular weight excluding hydrogens is 382 g/mol. The lowest BCUT2D eigenvalue weighted by atomic mass is 9.78. The number of allylic oxidation sites excluding steroid dienone is 2. The summed E-state index contributed by atoms with van der Waals surface area (Å²) >= 11 is 0. The van der Waals surface area contributed by atoms with Crippen LogP contribution in [0.25, 0.3) is 22.6 Å². The van der Waals surface area contributed by atoms with E-state index < -0.39 is 0 Å². The molecule has 0 atom stereocenters. The topological polar surface area (TPSA) is 39.9 Å². The second kappa shape index (κ2) is 6.42. The van der Waals surface area contributed by atoms with Crippen molar-refractivity contribution in [2.24, 2.45) is 0 Å². The van der Waals surface area contributed by atoms with Crippen molar-refractivity contribution in [3.8, 4) is 0 Å². The van der Waals surface area contributed by atoms with Crippen molar-refractivity contribution in [3.63, 3.8) is 0 Å². The standard InChI is InChI=1S/C27H21N3O/c1-3-9-19-17(7-1)13-15-21-25(30-24-12-6-5-11-23(24)28-29-30)22-16-14-18-8-2-4-10-20(18)27(22)31-26(19)21/h1-12,25H,13-16H2. The van der Waals surface area contributed by atoms with Gasteiger partial charge in [0, 0.05) is 22.3 Å². The van der Waals surface area contributed by atoms with Crippen LogP contribution in [0, 0.1) is 0 Å². The molecule has 0 N–H and O–H groups in total. The van der Waals surface area contributed by atoms with Crippen molar-refractivity contribution < 1.29 is 4.74 Å². The summed E-state index contributed by atoms with van der Waals surface area (Å²) in [4.78, 5) is 0. The van der Waals surface area contributed by atoms with Crippen LogP contribution >= 0.6 is 0 Å². The largest absolute Gasteiger partial charge is 0.456 e. The first-order valence-electron chi connectivity index (χ1n) is 11.0. The molecule has 0 fully saturated rings. The van der Waals surface area contributed by atoms with E-state index in [0.29, 0.717) is 0 Å². The highest BCUT2D eigenvalue weighted by atomic mass is 16.5. The van der Waals surface area contributed by atoms with Crippen LogP contribution in [0.15, 0.2) is 83.9 Å². The van der Waals surface area contributed by atoms with Crippen LogP contribution in [0.4, 0.5) is 0 Å². The van der Waals surface area contributed by atoms with Gasteiger partial charge in [-0.25, -0.2) is 4.68 Å². The zero-order valence-electron chi connectivity index (χ0n) is 17.1. The van der Waals surface area contributed by atoms with Crippen molar-refractivity contribution in [2.45, 2.75) is 31.7 Å². The molecule has 4 nitrogen and oxygen atoms in total. The fraction of sp³-hybridized carbons (Fsp3) is 0.185. The lowest BCUT2D eigenvalue weighted by Crippen LogP contribution is -2.27. The molecule has 7 rings (SSSR count). The number of aromatic nitrogens is 3. The molecule has 0 radical (unpaired) electrons. The molecule has 0 saturated heterocycles. The van der Waals surface area contributed by atoms with Crippen molar-refractivity contribution in [3.05, 3.63) is 106 Å². The maximum atomic E-state index is 6.79. The second-order valence-electron chi connectivity index (χ2n) is 8.55. The van der Waals surface area contributed by atoms with E-state index in [-0.39, 0.29) is 6.04 Å². The Hall–Kier alpha value is -3.66. The Balaban J connectivity index is 1.52. The monoisotopic (exact) mass is 403 g/mol. The first kappa shape index (κ1) is 17.1. The first-order chi connectivity index (χ1) is 15.4.